The number of rotatable bonds is 15. The summed E-state index contributed by atoms with van der Waals surface area (Å²) in [5, 5.41) is 11.3. The highest BCUT2D eigenvalue weighted by Gasteiger charge is 2.50. The number of ether oxygens (including phenoxy) is 2. The number of aromatic nitrogens is 1. The number of nitrogens with zero attached hydrogens (tertiary/aromatic N) is 1. The topological polar surface area (TPSA) is 152 Å². The molecule has 5 unspecified atom stereocenters. The molecule has 0 radical (unpaired) electrons. The van der Waals surface area contributed by atoms with Gasteiger partial charge in [-0.25, -0.2) is 0 Å². The Labute approximate surface area is 203 Å². The Hall–Kier alpha value is -2.44. The first kappa shape index (κ1) is 27.8. The lowest BCUT2D eigenvalue weighted by atomic mass is 9.93. The quantitative estimate of drug-likeness (QED) is 0.233. The predicted octanol–water partition coefficient (Wildman–Crippen LogP) is 0.714. The van der Waals surface area contributed by atoms with Crippen LogP contribution < -0.4 is 16.0 Å². The molecule has 2 heterocycles. The van der Waals surface area contributed by atoms with Gasteiger partial charge in [-0.2, -0.15) is 11.8 Å². The number of ketones is 1. The monoisotopic (exact) mass is 498 g/mol. The zero-order chi connectivity index (χ0) is 25.5. The summed E-state index contributed by atoms with van der Waals surface area (Å²) < 4.78 is 15.4. The highest BCUT2D eigenvalue weighted by Crippen LogP contribution is 2.29. The molecule has 2 rings (SSSR count). The molecule has 1 fully saturated rings. The van der Waals surface area contributed by atoms with Crippen molar-refractivity contribution in [3.8, 4) is 0 Å². The Bertz CT molecular complexity index is 871. The summed E-state index contributed by atoms with van der Waals surface area (Å²) in [7, 11) is 1.40. The summed E-state index contributed by atoms with van der Waals surface area (Å²) in [6.45, 7) is 7.45. The van der Waals surface area contributed by atoms with Gasteiger partial charge in [0.25, 0.3) is 0 Å². The molecule has 5 atom stereocenters. The van der Waals surface area contributed by atoms with Gasteiger partial charge in [-0.3, -0.25) is 14.4 Å². The summed E-state index contributed by atoms with van der Waals surface area (Å²) in [5.41, 5.74) is -0.896. The number of epoxide rings is 1. The molecule has 1 aliphatic rings. The van der Waals surface area contributed by atoms with E-state index in [0.717, 1.165) is 0 Å². The van der Waals surface area contributed by atoms with Crippen molar-refractivity contribution in [1.82, 2.24) is 15.8 Å². The zero-order valence-electron chi connectivity index (χ0n) is 20.4. The molecule has 3 N–H and O–H groups in total. The van der Waals surface area contributed by atoms with E-state index in [2.05, 4.69) is 21.1 Å². The minimum Gasteiger partial charge on any atom is -0.382 e. The second-order valence-corrected chi connectivity index (χ2v) is 9.89. The van der Waals surface area contributed by atoms with E-state index in [-0.39, 0.29) is 24.1 Å². The van der Waals surface area contributed by atoms with E-state index in [1.54, 1.807) is 26.2 Å². The SMILES string of the molecule is COCC(NC(=O)C(Nc1cc(C)on1)C(C=O)SC)C(=O)NC(CC(C)C)C(=O)C1(C)CO1. The van der Waals surface area contributed by atoms with Crippen molar-refractivity contribution in [2.45, 2.75) is 63.1 Å². The van der Waals surface area contributed by atoms with Crippen LogP contribution in [0, 0.1) is 12.8 Å². The number of methoxy groups -OCH3 is 1. The van der Waals surface area contributed by atoms with E-state index in [0.29, 0.717) is 25.1 Å². The largest absolute Gasteiger partial charge is 0.382 e. The average Bonchev–Trinajstić information content (AvgIpc) is 3.40. The second kappa shape index (κ2) is 12.3. The third kappa shape index (κ3) is 7.54. The lowest BCUT2D eigenvalue weighted by molar-refractivity contribution is -0.134. The third-order valence-electron chi connectivity index (χ3n) is 5.35. The third-order valence-corrected chi connectivity index (χ3v) is 6.28. The van der Waals surface area contributed by atoms with Crippen molar-refractivity contribution < 1.29 is 33.2 Å². The van der Waals surface area contributed by atoms with Crippen molar-refractivity contribution in [3.63, 3.8) is 0 Å². The van der Waals surface area contributed by atoms with Gasteiger partial charge in [0.15, 0.2) is 11.6 Å². The van der Waals surface area contributed by atoms with Gasteiger partial charge in [-0.1, -0.05) is 19.0 Å². The fourth-order valence-corrected chi connectivity index (χ4v) is 3.94. The molecule has 190 valence electrons. The maximum absolute atomic E-state index is 13.1. The molecule has 34 heavy (non-hydrogen) atoms. The van der Waals surface area contributed by atoms with E-state index >= 15 is 0 Å². The molecular weight excluding hydrogens is 464 g/mol. The van der Waals surface area contributed by atoms with Gasteiger partial charge in [0.05, 0.1) is 24.5 Å². The van der Waals surface area contributed by atoms with Crippen molar-refractivity contribution in [1.29, 1.82) is 0 Å². The number of Topliss-reactive ketones (excluding diaryl/α,β-unsaturated/α-hetero) is 1. The van der Waals surface area contributed by atoms with E-state index in [1.807, 2.05) is 13.8 Å². The summed E-state index contributed by atoms with van der Waals surface area (Å²) in [5.74, 6) is -0.427. The van der Waals surface area contributed by atoms with Crippen molar-refractivity contribution >= 4 is 41.5 Å². The first-order valence-corrected chi connectivity index (χ1v) is 12.3. The van der Waals surface area contributed by atoms with Crippen LogP contribution in [0.5, 0.6) is 0 Å². The molecule has 12 heteroatoms. The van der Waals surface area contributed by atoms with Crippen LogP contribution in [0.4, 0.5) is 5.82 Å². The van der Waals surface area contributed by atoms with Crippen LogP contribution in [0.15, 0.2) is 10.6 Å². The molecule has 1 aromatic rings. The van der Waals surface area contributed by atoms with Gasteiger partial charge in [0, 0.05) is 13.2 Å². The minimum atomic E-state index is -1.09. The fourth-order valence-electron chi connectivity index (χ4n) is 3.37. The number of amides is 2. The predicted molar refractivity (Wildman–Crippen MR) is 127 cm³/mol. The van der Waals surface area contributed by atoms with Crippen LogP contribution in [0.2, 0.25) is 0 Å². The summed E-state index contributed by atoms with van der Waals surface area (Å²) >= 11 is 1.17. The molecule has 1 aromatic heterocycles. The first-order chi connectivity index (χ1) is 16.0. The second-order valence-electron chi connectivity index (χ2n) is 8.87. The molecule has 0 aromatic carbocycles. The molecular formula is C22H34N4O7S. The number of anilines is 1. The van der Waals surface area contributed by atoms with Gasteiger partial charge in [0.1, 0.15) is 29.7 Å². The lowest BCUT2D eigenvalue weighted by Gasteiger charge is -2.27. The smallest absolute Gasteiger partial charge is 0.245 e. The Balaban J connectivity index is 2.16. The van der Waals surface area contributed by atoms with Gasteiger partial charge >= 0.3 is 0 Å². The van der Waals surface area contributed by atoms with Crippen LogP contribution in [0.3, 0.4) is 0 Å². The molecule has 0 aliphatic carbocycles. The maximum atomic E-state index is 13.1. The highest BCUT2D eigenvalue weighted by atomic mass is 32.2. The van der Waals surface area contributed by atoms with Crippen molar-refractivity contribution in [3.05, 3.63) is 11.8 Å². The number of hydrogen-bond donors (Lipinski definition) is 3. The van der Waals surface area contributed by atoms with Crippen LogP contribution in [-0.4, -0.2) is 84.6 Å². The number of carbonyl (C=O) groups is 4. The number of carbonyl (C=O) groups excluding carboxylic acids is 4. The minimum absolute atomic E-state index is 0.130. The lowest BCUT2D eigenvalue weighted by Crippen LogP contribution is -2.58. The summed E-state index contributed by atoms with van der Waals surface area (Å²) in [6, 6.07) is -1.30. The Morgan fingerprint density at radius 1 is 1.26 bits per heavy atom. The normalized spacial score (nSPS) is 20.7. The van der Waals surface area contributed by atoms with Gasteiger partial charge in [-0.05, 0) is 32.4 Å². The highest BCUT2D eigenvalue weighted by molar-refractivity contribution is 7.99. The van der Waals surface area contributed by atoms with E-state index in [9.17, 15) is 19.2 Å². The van der Waals surface area contributed by atoms with Crippen LogP contribution in [0.1, 0.15) is 33.0 Å². The number of aldehydes is 1. The molecule has 0 spiro atoms. The van der Waals surface area contributed by atoms with Gasteiger partial charge in [0.2, 0.25) is 11.8 Å². The Morgan fingerprint density at radius 3 is 2.38 bits per heavy atom. The number of nitrogens with one attached hydrogen (secondary N) is 3. The maximum Gasteiger partial charge on any atom is 0.245 e. The van der Waals surface area contributed by atoms with Crippen LogP contribution in [0.25, 0.3) is 0 Å². The molecule has 0 bridgehead atoms. The standard InChI is InChI=1S/C22H34N4O7S/c1-12(2)7-14(19(28)22(4)11-32-22)23-20(29)15(10-31-5)24-21(30)18(16(9-27)34-6)25-17-8-13(3)33-26-17/h8-9,12,14-16,18H,7,10-11H2,1-6H3,(H,23,29)(H,24,30)(H,25,26). The molecule has 1 saturated heterocycles. The number of hydrogen-bond acceptors (Lipinski definition) is 10. The Kier molecular flexibility index (Phi) is 10.1. The number of thioether (sulfide) groups is 1. The first-order valence-electron chi connectivity index (χ1n) is 11.0. The van der Waals surface area contributed by atoms with E-state index in [4.69, 9.17) is 14.0 Å². The van der Waals surface area contributed by atoms with Crippen molar-refractivity contribution in [2.24, 2.45) is 5.92 Å². The van der Waals surface area contributed by atoms with Gasteiger partial charge in [-0.15, -0.1) is 0 Å². The van der Waals surface area contributed by atoms with Crippen LogP contribution >= 0.6 is 11.8 Å². The van der Waals surface area contributed by atoms with E-state index < -0.39 is 40.8 Å². The Morgan fingerprint density at radius 2 is 1.91 bits per heavy atom. The summed E-state index contributed by atoms with van der Waals surface area (Å²) in [6.07, 6.45) is 2.76. The van der Waals surface area contributed by atoms with Crippen LogP contribution in [-0.2, 0) is 28.7 Å². The zero-order valence-corrected chi connectivity index (χ0v) is 21.2. The number of aryl methyl sites for hydroxylation is 1. The van der Waals surface area contributed by atoms with E-state index in [1.165, 1.54) is 18.9 Å². The van der Waals surface area contributed by atoms with Crippen molar-refractivity contribution in [2.75, 3.05) is 31.9 Å². The van der Waals surface area contributed by atoms with Gasteiger partial charge < -0.3 is 34.7 Å². The molecule has 1 aliphatic heterocycles. The molecule has 0 saturated carbocycles. The molecule has 11 nitrogen and oxygen atoms in total. The molecule has 2 amide bonds. The average molecular weight is 499 g/mol. The summed E-state index contributed by atoms with van der Waals surface area (Å²) in [4.78, 5) is 50.7. The fraction of sp³-hybridized carbons (Fsp3) is 0.682.